The fourth-order valence-corrected chi connectivity index (χ4v) is 2.36. The minimum atomic E-state index is -0.383. The van der Waals surface area contributed by atoms with Crippen LogP contribution in [0.4, 0.5) is 5.69 Å². The minimum absolute atomic E-state index is 0.0482. The maximum Gasteiger partial charge on any atom is 0.338 e. The van der Waals surface area contributed by atoms with E-state index in [0.29, 0.717) is 23.7 Å². The number of nitrogens with zero attached hydrogens (tertiary/aromatic N) is 2. The minimum Gasteiger partial charge on any atom is -0.460 e. The van der Waals surface area contributed by atoms with Crippen molar-refractivity contribution in [1.29, 1.82) is 0 Å². The van der Waals surface area contributed by atoms with E-state index in [4.69, 9.17) is 4.74 Å². The van der Waals surface area contributed by atoms with E-state index < -0.39 is 0 Å². The van der Waals surface area contributed by atoms with Crippen LogP contribution < -0.4 is 5.32 Å². The first-order valence-electron chi connectivity index (χ1n) is 7.69. The largest absolute Gasteiger partial charge is 0.460 e. The summed E-state index contributed by atoms with van der Waals surface area (Å²) < 4.78 is 6.90. The smallest absolute Gasteiger partial charge is 0.338 e. The van der Waals surface area contributed by atoms with Gasteiger partial charge in [-0.1, -0.05) is 6.92 Å². The van der Waals surface area contributed by atoms with Crippen LogP contribution in [0.5, 0.6) is 0 Å². The van der Waals surface area contributed by atoms with Crippen molar-refractivity contribution in [3.63, 3.8) is 0 Å². The summed E-state index contributed by atoms with van der Waals surface area (Å²) in [5.41, 5.74) is 1.16. The quantitative estimate of drug-likeness (QED) is 0.831. The Hall–Kier alpha value is -2.63. The van der Waals surface area contributed by atoms with Gasteiger partial charge in [0.1, 0.15) is 6.61 Å². The molecule has 1 heterocycles. The maximum atomic E-state index is 11.9. The van der Waals surface area contributed by atoms with Crippen molar-refractivity contribution in [3.8, 4) is 0 Å². The molecule has 1 aliphatic rings. The van der Waals surface area contributed by atoms with Crippen molar-refractivity contribution in [2.24, 2.45) is 11.8 Å². The van der Waals surface area contributed by atoms with E-state index in [9.17, 15) is 9.59 Å². The Kier molecular flexibility index (Phi) is 4.41. The molecule has 0 aliphatic heterocycles. The van der Waals surface area contributed by atoms with E-state index in [2.05, 4.69) is 17.3 Å². The number of hydrogen-bond acceptors (Lipinski definition) is 4. The monoisotopic (exact) mass is 313 g/mol. The molecule has 0 spiro atoms. The molecule has 2 aromatic rings. The summed E-state index contributed by atoms with van der Waals surface area (Å²) in [7, 11) is 0. The van der Waals surface area contributed by atoms with Crippen LogP contribution in [0, 0.1) is 11.8 Å². The molecule has 1 N–H and O–H groups in total. The van der Waals surface area contributed by atoms with Gasteiger partial charge in [0.25, 0.3) is 0 Å². The Morgan fingerprint density at radius 2 is 2.09 bits per heavy atom. The second-order valence-corrected chi connectivity index (χ2v) is 5.79. The first-order chi connectivity index (χ1) is 11.1. The van der Waals surface area contributed by atoms with E-state index in [1.807, 2.05) is 12.3 Å². The second-order valence-electron chi connectivity index (χ2n) is 5.79. The molecule has 0 unspecified atom stereocenters. The number of carbonyl (C=O) groups is 2. The third-order valence-corrected chi connectivity index (χ3v) is 3.95. The highest BCUT2D eigenvalue weighted by Crippen LogP contribution is 2.38. The van der Waals surface area contributed by atoms with Gasteiger partial charge in [0, 0.05) is 24.0 Å². The molecule has 1 aromatic carbocycles. The third kappa shape index (κ3) is 3.97. The van der Waals surface area contributed by atoms with Crippen molar-refractivity contribution in [2.75, 3.05) is 11.9 Å². The predicted molar refractivity (Wildman–Crippen MR) is 84.9 cm³/mol. The number of nitrogens with one attached hydrogen (secondary N) is 1. The highest BCUT2D eigenvalue weighted by molar-refractivity contribution is 5.95. The normalized spacial score (nSPS) is 19.2. The lowest BCUT2D eigenvalue weighted by Crippen LogP contribution is -2.15. The van der Waals surface area contributed by atoms with E-state index >= 15 is 0 Å². The number of benzene rings is 1. The number of amides is 1. The van der Waals surface area contributed by atoms with Gasteiger partial charge in [-0.05, 0) is 42.7 Å². The molecule has 2 atom stereocenters. The summed E-state index contributed by atoms with van der Waals surface area (Å²) in [6.45, 7) is 2.84. The van der Waals surface area contributed by atoms with Gasteiger partial charge in [0.05, 0.1) is 12.1 Å². The van der Waals surface area contributed by atoms with Crippen LogP contribution in [0.3, 0.4) is 0 Å². The zero-order valence-electron chi connectivity index (χ0n) is 12.9. The highest BCUT2D eigenvalue weighted by atomic mass is 16.5. The summed E-state index contributed by atoms with van der Waals surface area (Å²) in [5.74, 6) is 0.263. The second kappa shape index (κ2) is 6.64. The van der Waals surface area contributed by atoms with Gasteiger partial charge in [-0.2, -0.15) is 5.10 Å². The number of esters is 1. The average molecular weight is 313 g/mol. The summed E-state index contributed by atoms with van der Waals surface area (Å²) in [6.07, 6.45) is 4.44. The molecule has 23 heavy (non-hydrogen) atoms. The molecular formula is C17H19N3O3. The molecular weight excluding hydrogens is 294 g/mol. The number of rotatable bonds is 6. The topological polar surface area (TPSA) is 73.2 Å². The summed E-state index contributed by atoms with van der Waals surface area (Å²) >= 11 is 0. The molecule has 120 valence electrons. The zero-order chi connectivity index (χ0) is 16.2. The van der Waals surface area contributed by atoms with Crippen LogP contribution in [-0.2, 0) is 16.1 Å². The van der Waals surface area contributed by atoms with Gasteiger partial charge in [-0.15, -0.1) is 0 Å². The van der Waals surface area contributed by atoms with Crippen molar-refractivity contribution in [2.45, 2.75) is 19.9 Å². The van der Waals surface area contributed by atoms with Crippen LogP contribution in [0.2, 0.25) is 0 Å². The lowest BCUT2D eigenvalue weighted by Gasteiger charge is -2.07. The van der Waals surface area contributed by atoms with Gasteiger partial charge in [-0.3, -0.25) is 9.48 Å². The van der Waals surface area contributed by atoms with Crippen LogP contribution in [-0.4, -0.2) is 28.3 Å². The van der Waals surface area contributed by atoms with Gasteiger partial charge in [0.2, 0.25) is 5.91 Å². The number of carbonyl (C=O) groups excluding carboxylic acids is 2. The number of aromatic nitrogens is 2. The van der Waals surface area contributed by atoms with Crippen LogP contribution in [0.25, 0.3) is 0 Å². The Balaban J connectivity index is 1.48. The van der Waals surface area contributed by atoms with Crippen LogP contribution in [0.15, 0.2) is 42.7 Å². The Morgan fingerprint density at radius 3 is 2.70 bits per heavy atom. The highest BCUT2D eigenvalue weighted by Gasteiger charge is 2.39. The molecule has 1 saturated carbocycles. The fraction of sp³-hybridized carbons (Fsp3) is 0.353. The van der Waals surface area contributed by atoms with Gasteiger partial charge >= 0.3 is 5.97 Å². The zero-order valence-corrected chi connectivity index (χ0v) is 12.9. The molecule has 6 heteroatoms. The third-order valence-electron chi connectivity index (χ3n) is 3.95. The standard InChI is InChI=1S/C17H19N3O3/c1-12-11-15(12)16(21)19-14-5-3-13(4-6-14)17(22)23-10-9-20-8-2-7-18-20/h2-8,12,15H,9-11H2,1H3,(H,19,21)/t12-,15-/m0/s1. The molecule has 6 nitrogen and oxygen atoms in total. The van der Waals surface area contributed by atoms with Gasteiger partial charge in [0.15, 0.2) is 0 Å². The molecule has 1 aliphatic carbocycles. The number of hydrogen-bond donors (Lipinski definition) is 1. The van der Waals surface area contributed by atoms with E-state index in [0.717, 1.165) is 6.42 Å². The van der Waals surface area contributed by atoms with Gasteiger partial charge in [-0.25, -0.2) is 4.79 Å². The van der Waals surface area contributed by atoms with Crippen LogP contribution in [0.1, 0.15) is 23.7 Å². The first kappa shape index (κ1) is 15.3. The Morgan fingerprint density at radius 1 is 1.35 bits per heavy atom. The van der Waals surface area contributed by atoms with Crippen molar-refractivity contribution >= 4 is 17.6 Å². The van der Waals surface area contributed by atoms with Crippen molar-refractivity contribution in [3.05, 3.63) is 48.3 Å². The summed E-state index contributed by atoms with van der Waals surface area (Å²) in [6, 6.07) is 8.56. The summed E-state index contributed by atoms with van der Waals surface area (Å²) in [5, 5.41) is 6.89. The molecule has 1 aromatic heterocycles. The molecule has 0 saturated heterocycles. The van der Waals surface area contributed by atoms with Gasteiger partial charge < -0.3 is 10.1 Å². The van der Waals surface area contributed by atoms with E-state index in [1.54, 1.807) is 35.1 Å². The molecule has 0 radical (unpaired) electrons. The van der Waals surface area contributed by atoms with Crippen molar-refractivity contribution < 1.29 is 14.3 Å². The Bertz CT molecular complexity index is 680. The van der Waals surface area contributed by atoms with E-state index in [-0.39, 0.29) is 24.4 Å². The summed E-state index contributed by atoms with van der Waals surface area (Å²) in [4.78, 5) is 23.8. The maximum absolute atomic E-state index is 11.9. The van der Waals surface area contributed by atoms with Crippen molar-refractivity contribution in [1.82, 2.24) is 9.78 Å². The average Bonchev–Trinajstić information content (AvgIpc) is 3.06. The SMILES string of the molecule is C[C@H]1C[C@@H]1C(=O)Nc1ccc(C(=O)OCCn2cccn2)cc1. The first-order valence-corrected chi connectivity index (χ1v) is 7.69. The molecule has 3 rings (SSSR count). The Labute approximate surface area is 134 Å². The fourth-order valence-electron chi connectivity index (χ4n) is 2.36. The molecule has 1 fully saturated rings. The number of anilines is 1. The van der Waals surface area contributed by atoms with Crippen LogP contribution >= 0.6 is 0 Å². The predicted octanol–water partition coefficient (Wildman–Crippen LogP) is 2.33. The van der Waals surface area contributed by atoms with E-state index in [1.165, 1.54) is 0 Å². The lowest BCUT2D eigenvalue weighted by molar-refractivity contribution is -0.117. The molecule has 1 amide bonds. The lowest BCUT2D eigenvalue weighted by atomic mass is 10.2. The number of ether oxygens (including phenoxy) is 1. The molecule has 0 bridgehead atoms.